The molecule has 0 spiro atoms. The number of hydrogen-bond donors (Lipinski definition) is 2. The van der Waals surface area contributed by atoms with E-state index in [0.29, 0.717) is 12.5 Å². The van der Waals surface area contributed by atoms with Crippen LogP contribution in [0.25, 0.3) is 0 Å². The lowest BCUT2D eigenvalue weighted by Gasteiger charge is -2.14. The molecule has 108 valence electrons. The quantitative estimate of drug-likeness (QED) is 0.645. The first-order valence-corrected chi connectivity index (χ1v) is 7.39. The van der Waals surface area contributed by atoms with Crippen molar-refractivity contribution in [3.8, 4) is 0 Å². The summed E-state index contributed by atoms with van der Waals surface area (Å²) in [6.45, 7) is 3.65. The molecule has 1 atom stereocenters. The number of thiophene rings is 1. The van der Waals surface area contributed by atoms with Crippen LogP contribution in [0.5, 0.6) is 0 Å². The van der Waals surface area contributed by atoms with Crippen molar-refractivity contribution in [3.05, 3.63) is 34.5 Å². The summed E-state index contributed by atoms with van der Waals surface area (Å²) in [6.07, 6.45) is 1.55. The fourth-order valence-electron chi connectivity index (χ4n) is 1.79. The molecule has 0 aliphatic rings. The van der Waals surface area contributed by atoms with Crippen LogP contribution >= 0.6 is 11.3 Å². The smallest absolute Gasteiger partial charge is 0.191 e. The molecular formula is C13H20N6S. The predicted octanol–water partition coefficient (Wildman–Crippen LogP) is 1.35. The van der Waals surface area contributed by atoms with Crippen molar-refractivity contribution in [2.45, 2.75) is 19.4 Å². The van der Waals surface area contributed by atoms with E-state index in [4.69, 9.17) is 0 Å². The molecule has 2 rings (SSSR count). The fraction of sp³-hybridized carbons (Fsp3) is 0.462. The number of aromatic nitrogens is 3. The summed E-state index contributed by atoms with van der Waals surface area (Å²) in [7, 11) is 3.64. The zero-order valence-corrected chi connectivity index (χ0v) is 12.8. The van der Waals surface area contributed by atoms with Crippen LogP contribution in [0.1, 0.15) is 23.5 Å². The largest absolute Gasteiger partial charge is 0.356 e. The normalized spacial score (nSPS) is 13.2. The van der Waals surface area contributed by atoms with Gasteiger partial charge in [-0.1, -0.05) is 13.0 Å². The molecule has 0 aromatic carbocycles. The maximum absolute atomic E-state index is 4.21. The van der Waals surface area contributed by atoms with E-state index in [1.807, 2.05) is 7.05 Å². The van der Waals surface area contributed by atoms with E-state index in [2.05, 4.69) is 50.1 Å². The highest BCUT2D eigenvalue weighted by Gasteiger charge is 2.08. The molecule has 7 heteroatoms. The highest BCUT2D eigenvalue weighted by molar-refractivity contribution is 7.10. The van der Waals surface area contributed by atoms with Gasteiger partial charge in [0.25, 0.3) is 0 Å². The van der Waals surface area contributed by atoms with Crippen molar-refractivity contribution in [3.63, 3.8) is 0 Å². The summed E-state index contributed by atoms with van der Waals surface area (Å²) in [5.41, 5.74) is 0. The van der Waals surface area contributed by atoms with Crippen LogP contribution in [0, 0.1) is 0 Å². The molecule has 2 N–H and O–H groups in total. The van der Waals surface area contributed by atoms with Gasteiger partial charge in [-0.05, 0) is 11.4 Å². The van der Waals surface area contributed by atoms with Gasteiger partial charge in [-0.25, -0.2) is 4.98 Å². The number of aryl methyl sites for hydroxylation is 1. The summed E-state index contributed by atoms with van der Waals surface area (Å²) < 4.78 is 1.74. The van der Waals surface area contributed by atoms with Gasteiger partial charge < -0.3 is 10.6 Å². The topological polar surface area (TPSA) is 67.1 Å². The van der Waals surface area contributed by atoms with Crippen molar-refractivity contribution in [2.75, 3.05) is 13.6 Å². The van der Waals surface area contributed by atoms with Crippen LogP contribution in [0.4, 0.5) is 0 Å². The molecule has 0 saturated carbocycles. The molecule has 0 amide bonds. The first-order valence-electron chi connectivity index (χ1n) is 6.51. The lowest BCUT2D eigenvalue weighted by atomic mass is 10.1. The third kappa shape index (κ3) is 3.80. The molecule has 2 aromatic heterocycles. The van der Waals surface area contributed by atoms with Gasteiger partial charge in [-0.15, -0.1) is 11.3 Å². The molecule has 0 bridgehead atoms. The van der Waals surface area contributed by atoms with Crippen molar-refractivity contribution >= 4 is 17.3 Å². The highest BCUT2D eigenvalue weighted by atomic mass is 32.1. The number of nitrogens with zero attached hydrogens (tertiary/aromatic N) is 4. The first kappa shape index (κ1) is 14.5. The molecule has 2 aromatic rings. The minimum atomic E-state index is 0.461. The van der Waals surface area contributed by atoms with E-state index >= 15 is 0 Å². The van der Waals surface area contributed by atoms with Crippen LogP contribution in [-0.2, 0) is 13.6 Å². The average molecular weight is 292 g/mol. The SMILES string of the molecule is CN=C(NCc1ncnn1C)NCC(C)c1cccs1. The third-order valence-corrected chi connectivity index (χ3v) is 4.15. The van der Waals surface area contributed by atoms with E-state index in [-0.39, 0.29) is 0 Å². The Morgan fingerprint density at radius 1 is 1.50 bits per heavy atom. The minimum absolute atomic E-state index is 0.461. The molecule has 2 heterocycles. The van der Waals surface area contributed by atoms with Crippen molar-refractivity contribution in [2.24, 2.45) is 12.0 Å². The Kier molecular flexibility index (Phi) is 5.11. The second-order valence-corrected chi connectivity index (χ2v) is 5.50. The Balaban J connectivity index is 1.80. The van der Waals surface area contributed by atoms with Gasteiger partial charge in [-0.3, -0.25) is 9.67 Å². The van der Waals surface area contributed by atoms with Gasteiger partial charge in [0.1, 0.15) is 12.2 Å². The molecule has 6 nitrogen and oxygen atoms in total. The number of nitrogens with one attached hydrogen (secondary N) is 2. The molecule has 0 aliphatic heterocycles. The lowest BCUT2D eigenvalue weighted by molar-refractivity contribution is 0.663. The van der Waals surface area contributed by atoms with E-state index in [1.54, 1.807) is 29.4 Å². The van der Waals surface area contributed by atoms with Crippen LogP contribution in [0.3, 0.4) is 0 Å². The number of hydrogen-bond acceptors (Lipinski definition) is 4. The summed E-state index contributed by atoms with van der Waals surface area (Å²) in [4.78, 5) is 9.75. The second-order valence-electron chi connectivity index (χ2n) is 4.52. The number of aliphatic imine (C=N–C) groups is 1. The highest BCUT2D eigenvalue weighted by Crippen LogP contribution is 2.19. The Morgan fingerprint density at radius 3 is 2.95 bits per heavy atom. The zero-order chi connectivity index (χ0) is 14.4. The molecule has 1 unspecified atom stereocenters. The molecule has 0 radical (unpaired) electrons. The number of guanidine groups is 1. The van der Waals surface area contributed by atoms with Gasteiger partial charge in [-0.2, -0.15) is 5.10 Å². The summed E-state index contributed by atoms with van der Waals surface area (Å²) in [5, 5.41) is 12.7. The van der Waals surface area contributed by atoms with Gasteiger partial charge in [0.05, 0.1) is 6.54 Å². The van der Waals surface area contributed by atoms with Crippen molar-refractivity contribution < 1.29 is 0 Å². The molecule has 0 saturated heterocycles. The van der Waals surface area contributed by atoms with Crippen LogP contribution in [0.2, 0.25) is 0 Å². The van der Waals surface area contributed by atoms with Crippen LogP contribution < -0.4 is 10.6 Å². The fourth-order valence-corrected chi connectivity index (χ4v) is 2.57. The molecular weight excluding hydrogens is 272 g/mol. The van der Waals surface area contributed by atoms with Gasteiger partial charge >= 0.3 is 0 Å². The maximum Gasteiger partial charge on any atom is 0.191 e. The van der Waals surface area contributed by atoms with Gasteiger partial charge in [0.15, 0.2) is 5.96 Å². The standard InChI is InChI=1S/C13H20N6S/c1-10(11-5-4-6-20-11)7-15-13(14-2)16-8-12-17-9-18-19(12)3/h4-6,9-10H,7-8H2,1-3H3,(H2,14,15,16). The van der Waals surface area contributed by atoms with E-state index < -0.39 is 0 Å². The Bertz CT molecular complexity index is 545. The Labute approximate surface area is 123 Å². The van der Waals surface area contributed by atoms with Gasteiger partial charge in [0, 0.05) is 31.4 Å². The van der Waals surface area contributed by atoms with Crippen molar-refractivity contribution in [1.82, 2.24) is 25.4 Å². The molecule has 0 aliphatic carbocycles. The van der Waals surface area contributed by atoms with Crippen LogP contribution in [-0.4, -0.2) is 34.3 Å². The first-order chi connectivity index (χ1) is 9.70. The predicted molar refractivity (Wildman–Crippen MR) is 81.9 cm³/mol. The second kappa shape index (κ2) is 7.04. The summed E-state index contributed by atoms with van der Waals surface area (Å²) >= 11 is 1.78. The zero-order valence-electron chi connectivity index (χ0n) is 12.0. The lowest BCUT2D eigenvalue weighted by Crippen LogP contribution is -2.39. The molecule has 20 heavy (non-hydrogen) atoms. The Hall–Kier alpha value is -1.89. The minimum Gasteiger partial charge on any atom is -0.356 e. The van der Waals surface area contributed by atoms with E-state index in [1.165, 1.54) is 4.88 Å². The summed E-state index contributed by atoms with van der Waals surface area (Å²) in [5.74, 6) is 2.11. The Morgan fingerprint density at radius 2 is 2.35 bits per heavy atom. The van der Waals surface area contributed by atoms with E-state index in [9.17, 15) is 0 Å². The van der Waals surface area contributed by atoms with Crippen molar-refractivity contribution in [1.29, 1.82) is 0 Å². The number of rotatable bonds is 5. The van der Waals surface area contributed by atoms with Crippen LogP contribution in [0.15, 0.2) is 28.8 Å². The monoisotopic (exact) mass is 292 g/mol. The third-order valence-electron chi connectivity index (χ3n) is 3.05. The van der Waals surface area contributed by atoms with Gasteiger partial charge in [0.2, 0.25) is 0 Å². The summed E-state index contributed by atoms with van der Waals surface area (Å²) in [6, 6.07) is 4.24. The maximum atomic E-state index is 4.21. The molecule has 0 fully saturated rings. The average Bonchev–Trinajstić information content (AvgIpc) is 3.10. The van der Waals surface area contributed by atoms with E-state index in [0.717, 1.165) is 18.3 Å².